The van der Waals surface area contributed by atoms with E-state index in [9.17, 15) is 9.59 Å². The van der Waals surface area contributed by atoms with Crippen molar-refractivity contribution in [1.82, 2.24) is 24.1 Å². The van der Waals surface area contributed by atoms with Gasteiger partial charge in [0, 0.05) is 25.2 Å². The number of aromatic nitrogens is 5. The molecule has 0 aliphatic heterocycles. The Morgan fingerprint density at radius 3 is 2.76 bits per heavy atom. The van der Waals surface area contributed by atoms with Crippen LogP contribution in [0.1, 0.15) is 9.88 Å². The maximum absolute atomic E-state index is 12.0. The van der Waals surface area contributed by atoms with Crippen LogP contribution >= 0.6 is 11.3 Å². The van der Waals surface area contributed by atoms with Crippen LogP contribution in [0.4, 0.5) is 5.95 Å². The number of hydrogen-bond donors (Lipinski definition) is 2. The van der Waals surface area contributed by atoms with Crippen molar-refractivity contribution in [3.8, 4) is 0 Å². The van der Waals surface area contributed by atoms with E-state index in [1.54, 1.807) is 24.6 Å². The van der Waals surface area contributed by atoms with Crippen LogP contribution in [0.3, 0.4) is 0 Å². The molecule has 0 saturated carbocycles. The molecule has 3 rings (SSSR count). The lowest BCUT2D eigenvalue weighted by molar-refractivity contribution is 0.709. The zero-order chi connectivity index (χ0) is 15.1. The molecule has 110 valence electrons. The van der Waals surface area contributed by atoms with Crippen LogP contribution < -0.4 is 16.6 Å². The van der Waals surface area contributed by atoms with E-state index in [4.69, 9.17) is 0 Å². The highest BCUT2D eigenvalue weighted by Crippen LogP contribution is 2.14. The van der Waals surface area contributed by atoms with Gasteiger partial charge < -0.3 is 10.3 Å². The van der Waals surface area contributed by atoms with Crippen molar-refractivity contribution in [2.24, 2.45) is 14.1 Å². The minimum atomic E-state index is -0.402. The van der Waals surface area contributed by atoms with Gasteiger partial charge in [-0.25, -0.2) is 9.78 Å². The number of fused-ring (bicyclic) bond motifs is 1. The Morgan fingerprint density at radius 2 is 2.10 bits per heavy atom. The van der Waals surface area contributed by atoms with Gasteiger partial charge in [-0.1, -0.05) is 0 Å². The maximum Gasteiger partial charge on any atom is 0.332 e. The molecule has 21 heavy (non-hydrogen) atoms. The molecule has 3 aromatic heterocycles. The fraction of sp³-hybridized carbons (Fsp3) is 0.333. The number of aryl methyl sites for hydroxylation is 2. The third-order valence-electron chi connectivity index (χ3n) is 3.17. The molecule has 8 nitrogen and oxygen atoms in total. The highest BCUT2D eigenvalue weighted by atomic mass is 32.1. The van der Waals surface area contributed by atoms with E-state index in [2.05, 4.69) is 20.3 Å². The van der Waals surface area contributed by atoms with Gasteiger partial charge in [0.25, 0.3) is 5.56 Å². The number of hydrogen-bond acceptors (Lipinski definition) is 6. The largest absolute Gasteiger partial charge is 0.349 e. The first kappa shape index (κ1) is 13.6. The Labute approximate surface area is 123 Å². The second-order valence-corrected chi connectivity index (χ2v) is 6.03. The van der Waals surface area contributed by atoms with Crippen molar-refractivity contribution in [2.45, 2.75) is 13.5 Å². The molecule has 0 atom stereocenters. The predicted molar refractivity (Wildman–Crippen MR) is 80.8 cm³/mol. The first-order chi connectivity index (χ1) is 9.97. The van der Waals surface area contributed by atoms with Crippen LogP contribution in [0.15, 0.2) is 15.8 Å². The van der Waals surface area contributed by atoms with Gasteiger partial charge in [-0.05, 0) is 6.92 Å². The van der Waals surface area contributed by atoms with Crippen LogP contribution in [0.25, 0.3) is 11.2 Å². The topological polar surface area (TPSA) is 97.6 Å². The minimum absolute atomic E-state index is 0.303. The second kappa shape index (κ2) is 4.85. The molecule has 9 heteroatoms. The molecule has 0 bridgehead atoms. The zero-order valence-electron chi connectivity index (χ0n) is 11.8. The first-order valence-corrected chi connectivity index (χ1v) is 7.10. The maximum atomic E-state index is 12.0. The number of H-pyrrole nitrogens is 1. The van der Waals surface area contributed by atoms with E-state index in [0.717, 1.165) is 14.5 Å². The zero-order valence-corrected chi connectivity index (χ0v) is 12.6. The molecule has 0 amide bonds. The van der Waals surface area contributed by atoms with E-state index in [-0.39, 0.29) is 0 Å². The summed E-state index contributed by atoms with van der Waals surface area (Å²) in [5.74, 6) is 0.441. The van der Waals surface area contributed by atoms with Gasteiger partial charge >= 0.3 is 5.69 Å². The first-order valence-electron chi connectivity index (χ1n) is 6.28. The van der Waals surface area contributed by atoms with Crippen molar-refractivity contribution in [1.29, 1.82) is 0 Å². The minimum Gasteiger partial charge on any atom is -0.349 e. The van der Waals surface area contributed by atoms with Gasteiger partial charge in [-0.15, -0.1) is 11.3 Å². The molecule has 0 radical (unpaired) electrons. The smallest absolute Gasteiger partial charge is 0.332 e. The average molecular weight is 306 g/mol. The van der Waals surface area contributed by atoms with Gasteiger partial charge in [0.2, 0.25) is 5.95 Å². The molecule has 0 aromatic carbocycles. The average Bonchev–Trinajstić information content (AvgIpc) is 3.07. The molecular weight excluding hydrogens is 292 g/mol. The molecule has 0 unspecified atom stereocenters. The Hall–Kier alpha value is -2.42. The summed E-state index contributed by atoms with van der Waals surface area (Å²) in [7, 11) is 3.02. The molecule has 3 aromatic rings. The summed E-state index contributed by atoms with van der Waals surface area (Å²) in [6.07, 6.45) is 1.81. The van der Waals surface area contributed by atoms with Gasteiger partial charge in [-0.3, -0.25) is 13.9 Å². The Kier molecular flexibility index (Phi) is 3.13. The molecule has 3 heterocycles. The van der Waals surface area contributed by atoms with Gasteiger partial charge in [-0.2, -0.15) is 4.98 Å². The fourth-order valence-electron chi connectivity index (χ4n) is 2.05. The van der Waals surface area contributed by atoms with E-state index >= 15 is 0 Å². The molecule has 0 spiro atoms. The van der Waals surface area contributed by atoms with Crippen molar-refractivity contribution in [2.75, 3.05) is 5.32 Å². The van der Waals surface area contributed by atoms with Crippen LogP contribution in [-0.2, 0) is 20.6 Å². The summed E-state index contributed by atoms with van der Waals surface area (Å²) in [6, 6.07) is 0. The van der Waals surface area contributed by atoms with Crippen LogP contribution in [-0.4, -0.2) is 24.1 Å². The molecular formula is C12H14N6O2S. The van der Waals surface area contributed by atoms with Crippen molar-refractivity contribution >= 4 is 28.4 Å². The second-order valence-electron chi connectivity index (χ2n) is 4.71. The third kappa shape index (κ3) is 2.25. The predicted octanol–water partition coefficient (Wildman–Crippen LogP) is 0.337. The van der Waals surface area contributed by atoms with E-state index < -0.39 is 11.2 Å². The fourth-order valence-corrected chi connectivity index (χ4v) is 2.78. The highest BCUT2D eigenvalue weighted by molar-refractivity contribution is 7.11. The lowest BCUT2D eigenvalue weighted by atomic mass is 10.5. The summed E-state index contributed by atoms with van der Waals surface area (Å²) in [6.45, 7) is 2.49. The lowest BCUT2D eigenvalue weighted by Gasteiger charge is -2.00. The number of imidazole rings is 1. The summed E-state index contributed by atoms with van der Waals surface area (Å²) >= 11 is 1.59. The quantitative estimate of drug-likeness (QED) is 0.727. The number of anilines is 1. The van der Waals surface area contributed by atoms with Crippen LogP contribution in [0.5, 0.6) is 0 Å². The number of thiazole rings is 1. The number of nitrogens with one attached hydrogen (secondary N) is 2. The number of rotatable bonds is 3. The SMILES string of the molecule is Cc1cnc(CNc2nc3c([nH]2)c(=O)n(C)c(=O)n3C)s1. The van der Waals surface area contributed by atoms with E-state index in [1.807, 2.05) is 6.92 Å². The van der Waals surface area contributed by atoms with Gasteiger partial charge in [0.05, 0.1) is 6.54 Å². The summed E-state index contributed by atoms with van der Waals surface area (Å²) in [5, 5.41) is 4.00. The number of aromatic amines is 1. The standard InChI is InChI=1S/C12H14N6O2S/c1-6-4-13-7(21-6)5-14-11-15-8-9(16-11)17(2)12(20)18(3)10(8)19/h4H,5H2,1-3H3,(H2,14,15,16). The van der Waals surface area contributed by atoms with E-state index in [1.165, 1.54) is 11.6 Å². The Morgan fingerprint density at radius 1 is 1.33 bits per heavy atom. The van der Waals surface area contributed by atoms with Crippen LogP contribution in [0, 0.1) is 6.92 Å². The number of nitrogens with zero attached hydrogens (tertiary/aromatic N) is 4. The lowest BCUT2D eigenvalue weighted by Crippen LogP contribution is -2.36. The Bertz CT molecular complexity index is 932. The normalized spacial score (nSPS) is 11.2. The van der Waals surface area contributed by atoms with Crippen LogP contribution in [0.2, 0.25) is 0 Å². The van der Waals surface area contributed by atoms with Crippen molar-refractivity contribution < 1.29 is 0 Å². The molecule has 0 aliphatic rings. The highest BCUT2D eigenvalue weighted by Gasteiger charge is 2.13. The molecule has 2 N–H and O–H groups in total. The Balaban J connectivity index is 1.98. The van der Waals surface area contributed by atoms with Crippen molar-refractivity contribution in [3.63, 3.8) is 0 Å². The van der Waals surface area contributed by atoms with Gasteiger partial charge in [0.15, 0.2) is 11.2 Å². The van der Waals surface area contributed by atoms with Crippen molar-refractivity contribution in [3.05, 3.63) is 36.9 Å². The summed E-state index contributed by atoms with van der Waals surface area (Å²) in [4.78, 5) is 36.4. The van der Waals surface area contributed by atoms with Gasteiger partial charge in [0.1, 0.15) is 5.01 Å². The molecule has 0 saturated heterocycles. The third-order valence-corrected chi connectivity index (χ3v) is 4.08. The monoisotopic (exact) mass is 306 g/mol. The molecule has 0 fully saturated rings. The summed E-state index contributed by atoms with van der Waals surface area (Å²) in [5.41, 5.74) is -0.154. The summed E-state index contributed by atoms with van der Waals surface area (Å²) < 4.78 is 2.39. The van der Waals surface area contributed by atoms with E-state index in [0.29, 0.717) is 23.7 Å². The molecule has 0 aliphatic carbocycles.